The molecule has 32 heavy (non-hydrogen) atoms. The van der Waals surface area contributed by atoms with Gasteiger partial charge in [0.25, 0.3) is 0 Å². The largest absolute Gasteiger partial charge is 0.354 e. The van der Waals surface area contributed by atoms with Crippen LogP contribution < -0.4 is 0 Å². The van der Waals surface area contributed by atoms with E-state index in [0.717, 1.165) is 0 Å². The fourth-order valence-electron chi connectivity index (χ4n) is 2.79. The fourth-order valence-corrected chi connectivity index (χ4v) is 4.53. The molecular weight excluding hydrogens is 456 g/mol. The molecule has 0 unspecified atom stereocenters. The maximum Gasteiger partial charge on any atom is 0.242 e. The number of nitrogens with zero attached hydrogens (tertiary/aromatic N) is 6. The van der Waals surface area contributed by atoms with E-state index in [1.807, 2.05) is 11.5 Å². The van der Waals surface area contributed by atoms with Gasteiger partial charge < -0.3 is 14.0 Å². The fraction of sp³-hybridized carbons (Fsp3) is 0.474. The molecule has 3 aromatic rings. The van der Waals surface area contributed by atoms with E-state index >= 15 is 0 Å². The molecular formula is C19H26N6O5S2. The van der Waals surface area contributed by atoms with Crippen molar-refractivity contribution in [1.29, 1.82) is 0 Å². The topological polar surface area (TPSA) is 125 Å². The summed E-state index contributed by atoms with van der Waals surface area (Å²) in [5.74, 6) is 2.02. The molecule has 0 aliphatic carbocycles. The monoisotopic (exact) mass is 482 g/mol. The first-order valence-corrected chi connectivity index (χ1v) is 12.2. The predicted octanol–water partition coefficient (Wildman–Crippen LogP) is 2.05. The first-order chi connectivity index (χ1) is 15.3. The Hall–Kier alpha value is -2.32. The van der Waals surface area contributed by atoms with E-state index in [-0.39, 0.29) is 4.90 Å². The van der Waals surface area contributed by atoms with Crippen molar-refractivity contribution in [3.8, 4) is 11.4 Å². The molecule has 174 valence electrons. The van der Waals surface area contributed by atoms with Crippen LogP contribution in [-0.4, -0.2) is 72.2 Å². The minimum atomic E-state index is -3.60. The van der Waals surface area contributed by atoms with Gasteiger partial charge in [0.05, 0.1) is 17.2 Å². The zero-order valence-electron chi connectivity index (χ0n) is 18.5. The molecule has 0 saturated carbocycles. The van der Waals surface area contributed by atoms with Gasteiger partial charge in [-0.2, -0.15) is 4.98 Å². The lowest BCUT2D eigenvalue weighted by atomic mass is 10.2. The molecule has 13 heteroatoms. The Balaban J connectivity index is 1.96. The van der Waals surface area contributed by atoms with Gasteiger partial charge in [0.1, 0.15) is 0 Å². The Kier molecular flexibility index (Phi) is 8.00. The van der Waals surface area contributed by atoms with Crippen LogP contribution >= 0.6 is 11.8 Å². The Morgan fingerprint density at radius 3 is 2.59 bits per heavy atom. The van der Waals surface area contributed by atoms with Crippen LogP contribution in [0.4, 0.5) is 0 Å². The Bertz CT molecular complexity index is 1140. The van der Waals surface area contributed by atoms with Crippen molar-refractivity contribution >= 4 is 21.8 Å². The van der Waals surface area contributed by atoms with Crippen molar-refractivity contribution in [3.63, 3.8) is 0 Å². The van der Waals surface area contributed by atoms with Gasteiger partial charge in [0, 0.05) is 40.3 Å². The number of hydrogen-bond donors (Lipinski definition) is 0. The van der Waals surface area contributed by atoms with Gasteiger partial charge in [0.15, 0.2) is 23.1 Å². The second-order valence-electron chi connectivity index (χ2n) is 6.88. The molecule has 0 aliphatic rings. The molecule has 1 aromatic carbocycles. The van der Waals surface area contributed by atoms with Crippen molar-refractivity contribution in [3.05, 3.63) is 36.0 Å². The van der Waals surface area contributed by atoms with Crippen molar-refractivity contribution < 1.29 is 22.4 Å². The van der Waals surface area contributed by atoms with E-state index in [1.54, 1.807) is 38.5 Å². The standard InChI is InChI=1S/C19H26N6O5S2/c1-6-15-20-16(30-23-15)12-31-19-22-21-18(25(19)11-17(28-4)29-5)13-8-7-9-14(10-13)32(26,27)24(2)3/h7-10,17H,6,11-12H2,1-5H3. The van der Waals surface area contributed by atoms with Crippen LogP contribution in [0.5, 0.6) is 0 Å². The van der Waals surface area contributed by atoms with Gasteiger partial charge in [0.2, 0.25) is 15.9 Å². The van der Waals surface area contributed by atoms with Gasteiger partial charge in [-0.15, -0.1) is 10.2 Å². The highest BCUT2D eigenvalue weighted by atomic mass is 32.2. The summed E-state index contributed by atoms with van der Waals surface area (Å²) >= 11 is 1.37. The minimum absolute atomic E-state index is 0.164. The molecule has 0 N–H and O–H groups in total. The van der Waals surface area contributed by atoms with Crippen LogP contribution in [0.2, 0.25) is 0 Å². The number of aryl methyl sites for hydroxylation is 1. The van der Waals surface area contributed by atoms with E-state index in [4.69, 9.17) is 14.0 Å². The van der Waals surface area contributed by atoms with Crippen LogP contribution in [0.1, 0.15) is 18.6 Å². The molecule has 0 radical (unpaired) electrons. The molecule has 0 aliphatic heterocycles. The number of ether oxygens (including phenoxy) is 2. The smallest absolute Gasteiger partial charge is 0.242 e. The number of sulfonamides is 1. The maximum atomic E-state index is 12.6. The molecule has 3 rings (SSSR count). The second kappa shape index (κ2) is 10.5. The summed E-state index contributed by atoms with van der Waals surface area (Å²) < 4.78 is 44.1. The van der Waals surface area contributed by atoms with Crippen molar-refractivity contribution in [2.75, 3.05) is 28.3 Å². The van der Waals surface area contributed by atoms with Gasteiger partial charge in [-0.1, -0.05) is 36.0 Å². The molecule has 0 bridgehead atoms. The molecule has 0 amide bonds. The summed E-state index contributed by atoms with van der Waals surface area (Å²) in [6, 6.07) is 6.57. The minimum Gasteiger partial charge on any atom is -0.354 e. The average molecular weight is 483 g/mol. The number of rotatable bonds is 11. The van der Waals surface area contributed by atoms with Gasteiger partial charge >= 0.3 is 0 Å². The molecule has 0 atom stereocenters. The summed E-state index contributed by atoms with van der Waals surface area (Å²) in [6.45, 7) is 2.25. The molecule has 0 spiro atoms. The van der Waals surface area contributed by atoms with Gasteiger partial charge in [-0.25, -0.2) is 12.7 Å². The van der Waals surface area contributed by atoms with E-state index in [2.05, 4.69) is 20.3 Å². The van der Waals surface area contributed by atoms with Crippen LogP contribution in [0.3, 0.4) is 0 Å². The lowest BCUT2D eigenvalue weighted by Crippen LogP contribution is -2.22. The third-order valence-corrected chi connectivity index (χ3v) is 7.36. The number of benzene rings is 1. The average Bonchev–Trinajstić information content (AvgIpc) is 3.42. The predicted molar refractivity (Wildman–Crippen MR) is 117 cm³/mol. The normalized spacial score (nSPS) is 12.2. The molecule has 2 heterocycles. The third kappa shape index (κ3) is 5.35. The van der Waals surface area contributed by atoms with E-state index in [0.29, 0.717) is 47.0 Å². The van der Waals surface area contributed by atoms with E-state index in [1.165, 1.54) is 30.2 Å². The molecule has 0 saturated heterocycles. The summed E-state index contributed by atoms with van der Waals surface area (Å²) in [4.78, 5) is 4.47. The van der Waals surface area contributed by atoms with Crippen LogP contribution in [-0.2, 0) is 38.2 Å². The van der Waals surface area contributed by atoms with Crippen molar-refractivity contribution in [2.45, 2.75) is 42.0 Å². The number of hydrogen-bond acceptors (Lipinski definition) is 10. The van der Waals surface area contributed by atoms with Crippen LogP contribution in [0.25, 0.3) is 11.4 Å². The van der Waals surface area contributed by atoms with E-state index < -0.39 is 16.3 Å². The highest BCUT2D eigenvalue weighted by Crippen LogP contribution is 2.28. The zero-order valence-corrected chi connectivity index (χ0v) is 20.2. The summed E-state index contributed by atoms with van der Waals surface area (Å²) in [5, 5.41) is 13.1. The third-order valence-electron chi connectivity index (χ3n) is 4.60. The molecule has 11 nitrogen and oxygen atoms in total. The maximum absolute atomic E-state index is 12.6. The van der Waals surface area contributed by atoms with Gasteiger partial charge in [-0.3, -0.25) is 4.57 Å². The summed E-state index contributed by atoms with van der Waals surface area (Å²) in [7, 11) is 2.46. The lowest BCUT2D eigenvalue weighted by Gasteiger charge is -2.17. The number of methoxy groups -OCH3 is 2. The van der Waals surface area contributed by atoms with Crippen LogP contribution in [0.15, 0.2) is 38.8 Å². The van der Waals surface area contributed by atoms with Gasteiger partial charge in [-0.05, 0) is 12.1 Å². The summed E-state index contributed by atoms with van der Waals surface area (Å²) in [6.07, 6.45) is 0.136. The Morgan fingerprint density at radius 1 is 1.22 bits per heavy atom. The second-order valence-corrected chi connectivity index (χ2v) is 9.97. The van der Waals surface area contributed by atoms with Crippen molar-refractivity contribution in [1.82, 2.24) is 29.2 Å². The van der Waals surface area contributed by atoms with Crippen molar-refractivity contribution in [2.24, 2.45) is 0 Å². The number of thioether (sulfide) groups is 1. The highest BCUT2D eigenvalue weighted by Gasteiger charge is 2.22. The lowest BCUT2D eigenvalue weighted by molar-refractivity contribution is -0.111. The highest BCUT2D eigenvalue weighted by molar-refractivity contribution is 7.98. The van der Waals surface area contributed by atoms with E-state index in [9.17, 15) is 8.42 Å². The first-order valence-electron chi connectivity index (χ1n) is 9.76. The molecule has 2 aromatic heterocycles. The first kappa shape index (κ1) is 24.3. The Morgan fingerprint density at radius 2 is 1.97 bits per heavy atom. The quantitative estimate of drug-likeness (QED) is 0.296. The molecule has 0 fully saturated rings. The van der Waals surface area contributed by atoms with Crippen LogP contribution in [0, 0.1) is 0 Å². The number of aromatic nitrogens is 5. The summed E-state index contributed by atoms with van der Waals surface area (Å²) in [5.41, 5.74) is 0.601. The Labute approximate surface area is 191 Å². The SMILES string of the molecule is CCc1noc(CSc2nnc(-c3cccc(S(=O)(=O)N(C)C)c3)n2CC(OC)OC)n1. The zero-order chi connectivity index (χ0) is 23.3.